The summed E-state index contributed by atoms with van der Waals surface area (Å²) in [5, 5.41) is 1.01. The highest BCUT2D eigenvalue weighted by Crippen LogP contribution is 2.17. The van der Waals surface area contributed by atoms with Gasteiger partial charge < -0.3 is 10.6 Å². The van der Waals surface area contributed by atoms with Crippen molar-refractivity contribution in [1.82, 2.24) is 0 Å². The summed E-state index contributed by atoms with van der Waals surface area (Å²) in [6.07, 6.45) is 8.19. The second kappa shape index (κ2) is 10.6. The lowest BCUT2D eigenvalue weighted by atomic mass is 10.1. The summed E-state index contributed by atoms with van der Waals surface area (Å²) >= 11 is 0. The number of rotatable bonds is 11. The van der Waals surface area contributed by atoms with Crippen LogP contribution in [0.2, 0.25) is 0 Å². The standard InChI is InChI=1S/C22H27N3O3S/c1-3-25(16-17-29(27,28)4-2)21-11-9-19(10-12-21)7-8-20-6-5-14-24(18-20)15-13-22(23)26/h4-12,14,18H,2-3,13,15-17H2,1H3,(H-,23,26)/p+1/b8-7+. The van der Waals surface area contributed by atoms with E-state index in [2.05, 4.69) is 6.58 Å². The van der Waals surface area contributed by atoms with Gasteiger partial charge in [-0.15, -0.1) is 0 Å². The minimum atomic E-state index is -3.21. The number of anilines is 1. The summed E-state index contributed by atoms with van der Waals surface area (Å²) in [5.74, 6) is -0.266. The van der Waals surface area contributed by atoms with Crippen LogP contribution in [0, 0.1) is 0 Å². The maximum atomic E-state index is 11.6. The van der Waals surface area contributed by atoms with Gasteiger partial charge in [0.2, 0.25) is 5.91 Å². The van der Waals surface area contributed by atoms with Crippen molar-refractivity contribution in [1.29, 1.82) is 0 Å². The van der Waals surface area contributed by atoms with E-state index < -0.39 is 9.84 Å². The van der Waals surface area contributed by atoms with Crippen LogP contribution in [0.25, 0.3) is 12.2 Å². The van der Waals surface area contributed by atoms with Gasteiger partial charge in [-0.1, -0.05) is 24.8 Å². The van der Waals surface area contributed by atoms with E-state index in [9.17, 15) is 13.2 Å². The van der Waals surface area contributed by atoms with E-state index in [0.29, 0.717) is 19.5 Å². The zero-order valence-corrected chi connectivity index (χ0v) is 17.5. The number of aryl methyl sites for hydroxylation is 1. The molecule has 0 bridgehead atoms. The van der Waals surface area contributed by atoms with Gasteiger partial charge in [0.25, 0.3) is 0 Å². The van der Waals surface area contributed by atoms with Crippen LogP contribution in [0.3, 0.4) is 0 Å². The van der Waals surface area contributed by atoms with Crippen LogP contribution in [0.4, 0.5) is 5.69 Å². The van der Waals surface area contributed by atoms with Crippen molar-refractivity contribution in [3.05, 3.63) is 71.9 Å². The molecular formula is C22H28N3O3S+. The fraction of sp³-hybridized carbons (Fsp3) is 0.273. The molecule has 1 heterocycles. The number of hydrogen-bond acceptors (Lipinski definition) is 4. The number of sulfone groups is 1. The van der Waals surface area contributed by atoms with Gasteiger partial charge in [0, 0.05) is 35.8 Å². The van der Waals surface area contributed by atoms with Gasteiger partial charge in [-0.3, -0.25) is 4.79 Å². The van der Waals surface area contributed by atoms with Crippen LogP contribution in [0.5, 0.6) is 0 Å². The molecule has 6 nitrogen and oxygen atoms in total. The minimum Gasteiger partial charge on any atom is -0.371 e. The number of carbonyl (C=O) groups is 1. The summed E-state index contributed by atoms with van der Waals surface area (Å²) in [6.45, 7) is 7.05. The zero-order chi connectivity index (χ0) is 21.3. The first-order valence-corrected chi connectivity index (χ1v) is 11.2. The van der Waals surface area contributed by atoms with Gasteiger partial charge in [-0.2, -0.15) is 0 Å². The highest BCUT2D eigenvalue weighted by molar-refractivity contribution is 7.94. The highest BCUT2D eigenvalue weighted by Gasteiger charge is 2.10. The molecule has 0 aliphatic heterocycles. The Morgan fingerprint density at radius 2 is 1.86 bits per heavy atom. The zero-order valence-electron chi connectivity index (χ0n) is 16.7. The fourth-order valence-electron chi connectivity index (χ4n) is 2.80. The number of nitrogens with two attached hydrogens (primary N) is 1. The molecule has 0 saturated carbocycles. The van der Waals surface area contributed by atoms with Crippen molar-refractivity contribution in [3.63, 3.8) is 0 Å². The van der Waals surface area contributed by atoms with E-state index >= 15 is 0 Å². The molecule has 0 unspecified atom stereocenters. The highest BCUT2D eigenvalue weighted by atomic mass is 32.2. The van der Waals surface area contributed by atoms with E-state index in [4.69, 9.17) is 5.73 Å². The van der Waals surface area contributed by atoms with Gasteiger partial charge in [0.15, 0.2) is 28.8 Å². The third-order valence-corrected chi connectivity index (χ3v) is 5.76. The summed E-state index contributed by atoms with van der Waals surface area (Å²) in [4.78, 5) is 12.9. The number of aromatic nitrogens is 1. The molecule has 2 N–H and O–H groups in total. The number of hydrogen-bond donors (Lipinski definition) is 1. The molecule has 7 heteroatoms. The van der Waals surface area contributed by atoms with Gasteiger partial charge in [-0.25, -0.2) is 13.0 Å². The monoisotopic (exact) mass is 414 g/mol. The van der Waals surface area contributed by atoms with E-state index in [1.54, 1.807) is 0 Å². The smallest absolute Gasteiger partial charge is 0.223 e. The third kappa shape index (κ3) is 7.54. The minimum absolute atomic E-state index is 0.0513. The molecule has 0 saturated heterocycles. The normalized spacial score (nSPS) is 11.5. The van der Waals surface area contributed by atoms with Crippen molar-refractivity contribution in [2.24, 2.45) is 5.73 Å². The molecule has 0 atom stereocenters. The summed E-state index contributed by atoms with van der Waals surface area (Å²) in [6, 6.07) is 11.9. The average Bonchev–Trinajstić information content (AvgIpc) is 2.72. The van der Waals surface area contributed by atoms with E-state index in [0.717, 1.165) is 28.8 Å². The van der Waals surface area contributed by atoms with Crippen LogP contribution < -0.4 is 15.2 Å². The first-order valence-electron chi connectivity index (χ1n) is 9.48. The Kier molecular flexibility index (Phi) is 8.15. The Labute approximate surface area is 172 Å². The van der Waals surface area contributed by atoms with Crippen LogP contribution >= 0.6 is 0 Å². The first kappa shape index (κ1) is 22.4. The Hall–Kier alpha value is -2.93. The number of pyridine rings is 1. The van der Waals surface area contributed by atoms with Crippen molar-refractivity contribution in [2.75, 3.05) is 23.7 Å². The lowest BCUT2D eigenvalue weighted by molar-refractivity contribution is -0.695. The molecule has 1 aromatic heterocycles. The third-order valence-electron chi connectivity index (χ3n) is 4.51. The van der Waals surface area contributed by atoms with Gasteiger partial charge in [0.05, 0.1) is 12.2 Å². The van der Waals surface area contributed by atoms with Gasteiger partial charge >= 0.3 is 0 Å². The molecule has 0 aliphatic rings. The predicted octanol–water partition coefficient (Wildman–Crippen LogP) is 2.40. The summed E-state index contributed by atoms with van der Waals surface area (Å²) in [7, 11) is -3.21. The number of primary amides is 1. The molecule has 29 heavy (non-hydrogen) atoms. The molecule has 0 fully saturated rings. The van der Waals surface area contributed by atoms with Gasteiger partial charge in [-0.05, 0) is 36.8 Å². The Balaban J connectivity index is 2.03. The first-order chi connectivity index (χ1) is 13.8. The van der Waals surface area contributed by atoms with Gasteiger partial charge in [0.1, 0.15) is 0 Å². The molecule has 154 valence electrons. The van der Waals surface area contributed by atoms with Crippen molar-refractivity contribution in [3.8, 4) is 0 Å². The Bertz CT molecular complexity index is 967. The predicted molar refractivity (Wildman–Crippen MR) is 118 cm³/mol. The van der Waals surface area contributed by atoms with E-state index in [1.807, 2.05) is 77.3 Å². The molecule has 1 amide bonds. The number of benzene rings is 1. The molecule has 0 aliphatic carbocycles. The molecular weight excluding hydrogens is 386 g/mol. The summed E-state index contributed by atoms with van der Waals surface area (Å²) in [5.41, 5.74) is 8.24. The topological polar surface area (TPSA) is 84.3 Å². The lowest BCUT2D eigenvalue weighted by Crippen LogP contribution is -2.35. The van der Waals surface area contributed by atoms with Crippen molar-refractivity contribution < 1.29 is 17.8 Å². The van der Waals surface area contributed by atoms with Crippen LogP contribution in [-0.4, -0.2) is 33.2 Å². The summed E-state index contributed by atoms with van der Waals surface area (Å²) < 4.78 is 25.2. The number of nitrogens with zero attached hydrogens (tertiary/aromatic N) is 2. The number of carbonyl (C=O) groups excluding carboxylic acids is 1. The molecule has 0 radical (unpaired) electrons. The second-order valence-corrected chi connectivity index (χ2v) is 8.70. The van der Waals surface area contributed by atoms with Crippen LogP contribution in [-0.2, 0) is 21.2 Å². The maximum Gasteiger partial charge on any atom is 0.223 e. The SMILES string of the molecule is C=CS(=O)(=O)CCN(CC)c1ccc(/C=C/c2ccc[n+](CCC(N)=O)c2)cc1. The average molecular weight is 415 g/mol. The Morgan fingerprint density at radius 1 is 1.17 bits per heavy atom. The maximum absolute atomic E-state index is 11.6. The van der Waals surface area contributed by atoms with Crippen LogP contribution in [0.15, 0.2) is 60.8 Å². The molecule has 0 spiro atoms. The molecule has 2 rings (SSSR count). The van der Waals surface area contributed by atoms with Crippen molar-refractivity contribution >= 4 is 33.6 Å². The molecule has 1 aromatic carbocycles. The molecule has 2 aromatic rings. The quantitative estimate of drug-likeness (QED) is 0.572. The van der Waals surface area contributed by atoms with Crippen molar-refractivity contribution in [2.45, 2.75) is 19.9 Å². The van der Waals surface area contributed by atoms with Crippen LogP contribution in [0.1, 0.15) is 24.5 Å². The number of amides is 1. The van der Waals surface area contributed by atoms with E-state index in [-0.39, 0.29) is 11.7 Å². The second-order valence-electron chi connectivity index (χ2n) is 6.63. The Morgan fingerprint density at radius 3 is 2.48 bits per heavy atom. The fourth-order valence-corrected chi connectivity index (χ4v) is 3.44. The lowest BCUT2D eigenvalue weighted by Gasteiger charge is -2.22. The largest absolute Gasteiger partial charge is 0.371 e. The van der Waals surface area contributed by atoms with E-state index in [1.165, 1.54) is 0 Å².